The number of aryl methyl sites for hydroxylation is 1. The largest absolute Gasteiger partial charge is 0.493 e. The van der Waals surface area contributed by atoms with E-state index >= 15 is 0 Å². The summed E-state index contributed by atoms with van der Waals surface area (Å²) in [6.07, 6.45) is 0.721. The van der Waals surface area contributed by atoms with Crippen LogP contribution in [-0.4, -0.2) is 25.9 Å². The fourth-order valence-corrected chi connectivity index (χ4v) is 2.62. The van der Waals surface area contributed by atoms with Crippen molar-refractivity contribution in [1.82, 2.24) is 0 Å². The van der Waals surface area contributed by atoms with Crippen LogP contribution in [0.1, 0.15) is 15.9 Å². The molecule has 2 aromatic carbocycles. The number of hydrogen-bond acceptors (Lipinski definition) is 4. The van der Waals surface area contributed by atoms with E-state index in [2.05, 4.69) is 27.9 Å². The highest BCUT2D eigenvalue weighted by Crippen LogP contribution is 2.27. The Morgan fingerprint density at radius 3 is 2.65 bits per heavy atom. The minimum absolute atomic E-state index is 0.151. The van der Waals surface area contributed by atoms with E-state index < -0.39 is 0 Å². The average molecular weight is 425 g/mol. The van der Waals surface area contributed by atoms with Crippen molar-refractivity contribution in [2.75, 3.05) is 19.0 Å². The monoisotopic (exact) mass is 425 g/mol. The molecule has 0 saturated carbocycles. The van der Waals surface area contributed by atoms with Crippen molar-refractivity contribution in [1.29, 1.82) is 0 Å². The highest BCUT2D eigenvalue weighted by molar-refractivity contribution is 14.1. The van der Waals surface area contributed by atoms with E-state index in [1.54, 1.807) is 18.2 Å². The summed E-state index contributed by atoms with van der Waals surface area (Å²) in [5, 5.41) is 2.80. The molecule has 0 spiro atoms. The predicted molar refractivity (Wildman–Crippen MR) is 96.4 cm³/mol. The molecular formula is C17H16INO4. The van der Waals surface area contributed by atoms with Crippen LogP contribution in [0.25, 0.3) is 0 Å². The summed E-state index contributed by atoms with van der Waals surface area (Å²) < 4.78 is 11.7. The van der Waals surface area contributed by atoms with Crippen molar-refractivity contribution in [2.45, 2.75) is 6.92 Å². The summed E-state index contributed by atoms with van der Waals surface area (Å²) in [5.74, 6) is 0.552. The van der Waals surface area contributed by atoms with Gasteiger partial charge in [0.2, 0.25) is 0 Å². The Balaban J connectivity index is 2.00. The Hall–Kier alpha value is -2.09. The van der Waals surface area contributed by atoms with E-state index in [1.807, 2.05) is 25.1 Å². The van der Waals surface area contributed by atoms with Gasteiger partial charge < -0.3 is 14.8 Å². The van der Waals surface area contributed by atoms with Gasteiger partial charge in [-0.3, -0.25) is 9.59 Å². The molecule has 1 amide bonds. The molecule has 0 aliphatic rings. The second-order valence-electron chi connectivity index (χ2n) is 4.82. The molecule has 1 N–H and O–H groups in total. The number of halogens is 1. The standard InChI is InChI=1S/C17H16INO4/c1-11-7-13(18)4-5-14(11)19-17(21)10-23-15-6-3-12(9-20)8-16(15)22-2/h3-9H,10H2,1-2H3,(H,19,21). The quantitative estimate of drug-likeness (QED) is 0.569. The minimum Gasteiger partial charge on any atom is -0.493 e. The highest BCUT2D eigenvalue weighted by atomic mass is 127. The smallest absolute Gasteiger partial charge is 0.262 e. The van der Waals surface area contributed by atoms with Crippen LogP contribution in [-0.2, 0) is 4.79 Å². The molecule has 0 saturated heterocycles. The lowest BCUT2D eigenvalue weighted by Crippen LogP contribution is -2.20. The number of anilines is 1. The zero-order valence-corrected chi connectivity index (χ0v) is 14.9. The molecule has 0 unspecified atom stereocenters. The maximum absolute atomic E-state index is 12.0. The second kappa shape index (κ2) is 7.96. The number of rotatable bonds is 6. The third kappa shape index (κ3) is 4.69. The molecule has 0 aliphatic heterocycles. The fraction of sp³-hybridized carbons (Fsp3) is 0.176. The van der Waals surface area contributed by atoms with Gasteiger partial charge in [-0.05, 0) is 71.5 Å². The molecule has 0 aliphatic carbocycles. The van der Waals surface area contributed by atoms with Crippen LogP contribution in [0, 0.1) is 10.5 Å². The lowest BCUT2D eigenvalue weighted by atomic mass is 10.2. The molecule has 0 heterocycles. The van der Waals surface area contributed by atoms with Crippen molar-refractivity contribution in [2.24, 2.45) is 0 Å². The second-order valence-corrected chi connectivity index (χ2v) is 6.07. The fourth-order valence-electron chi connectivity index (χ4n) is 1.97. The third-order valence-electron chi connectivity index (χ3n) is 3.15. The van der Waals surface area contributed by atoms with Crippen molar-refractivity contribution in [3.8, 4) is 11.5 Å². The van der Waals surface area contributed by atoms with Crippen molar-refractivity contribution < 1.29 is 19.1 Å². The Morgan fingerprint density at radius 2 is 2.00 bits per heavy atom. The Morgan fingerprint density at radius 1 is 1.22 bits per heavy atom. The number of ether oxygens (including phenoxy) is 2. The van der Waals surface area contributed by atoms with Gasteiger partial charge >= 0.3 is 0 Å². The lowest BCUT2D eigenvalue weighted by Gasteiger charge is -2.12. The van der Waals surface area contributed by atoms with Gasteiger partial charge in [-0.2, -0.15) is 0 Å². The first-order chi connectivity index (χ1) is 11.0. The molecule has 0 radical (unpaired) electrons. The lowest BCUT2D eigenvalue weighted by molar-refractivity contribution is -0.118. The molecule has 0 aromatic heterocycles. The normalized spacial score (nSPS) is 10.0. The molecule has 2 rings (SSSR count). The van der Waals surface area contributed by atoms with Crippen molar-refractivity contribution in [3.63, 3.8) is 0 Å². The SMILES string of the molecule is COc1cc(C=O)ccc1OCC(=O)Nc1ccc(I)cc1C. The maximum atomic E-state index is 12.0. The molecular weight excluding hydrogens is 409 g/mol. The number of carbonyl (C=O) groups excluding carboxylic acids is 2. The van der Waals surface area contributed by atoms with E-state index in [1.165, 1.54) is 7.11 Å². The Labute approximate surface area is 148 Å². The van der Waals surface area contributed by atoms with Crippen LogP contribution in [0.15, 0.2) is 36.4 Å². The third-order valence-corrected chi connectivity index (χ3v) is 3.82. The zero-order chi connectivity index (χ0) is 16.8. The molecule has 6 heteroatoms. The van der Waals surface area contributed by atoms with Crippen LogP contribution in [0.2, 0.25) is 0 Å². The van der Waals surface area contributed by atoms with E-state index in [0.29, 0.717) is 17.1 Å². The molecule has 0 atom stereocenters. The molecule has 120 valence electrons. The van der Waals surface area contributed by atoms with Crippen LogP contribution >= 0.6 is 22.6 Å². The maximum Gasteiger partial charge on any atom is 0.262 e. The van der Waals surface area contributed by atoms with Crippen LogP contribution in [0.5, 0.6) is 11.5 Å². The van der Waals surface area contributed by atoms with Crippen molar-refractivity contribution in [3.05, 3.63) is 51.1 Å². The summed E-state index contributed by atoms with van der Waals surface area (Å²) in [4.78, 5) is 22.8. The van der Waals surface area contributed by atoms with E-state index in [4.69, 9.17) is 9.47 Å². The molecule has 2 aromatic rings. The van der Waals surface area contributed by atoms with Gasteiger partial charge in [0.15, 0.2) is 18.1 Å². The number of aldehydes is 1. The summed E-state index contributed by atoms with van der Waals surface area (Å²) in [5.41, 5.74) is 2.22. The van der Waals surface area contributed by atoms with Gasteiger partial charge in [-0.15, -0.1) is 0 Å². The summed E-state index contributed by atoms with van der Waals surface area (Å²) in [6, 6.07) is 10.5. The molecule has 5 nitrogen and oxygen atoms in total. The summed E-state index contributed by atoms with van der Waals surface area (Å²) in [7, 11) is 1.48. The minimum atomic E-state index is -0.268. The number of hydrogen-bond donors (Lipinski definition) is 1. The predicted octanol–water partition coefficient (Wildman–Crippen LogP) is 3.44. The number of carbonyl (C=O) groups is 2. The Kier molecular flexibility index (Phi) is 5.97. The van der Waals surface area contributed by atoms with E-state index in [9.17, 15) is 9.59 Å². The number of nitrogens with one attached hydrogen (secondary N) is 1. The topological polar surface area (TPSA) is 64.6 Å². The van der Waals surface area contributed by atoms with E-state index in [0.717, 1.165) is 21.1 Å². The van der Waals surface area contributed by atoms with Gasteiger partial charge in [0.1, 0.15) is 6.29 Å². The zero-order valence-electron chi connectivity index (χ0n) is 12.8. The van der Waals surface area contributed by atoms with Crippen molar-refractivity contribution >= 4 is 40.5 Å². The van der Waals surface area contributed by atoms with Crippen LogP contribution in [0.3, 0.4) is 0 Å². The molecule has 23 heavy (non-hydrogen) atoms. The van der Waals surface area contributed by atoms with Crippen LogP contribution in [0.4, 0.5) is 5.69 Å². The Bertz CT molecular complexity index is 731. The summed E-state index contributed by atoms with van der Waals surface area (Å²) in [6.45, 7) is 1.78. The number of amides is 1. The van der Waals surface area contributed by atoms with E-state index in [-0.39, 0.29) is 12.5 Å². The average Bonchev–Trinajstić information content (AvgIpc) is 2.55. The van der Waals surface area contributed by atoms with Gasteiger partial charge in [0.25, 0.3) is 5.91 Å². The first-order valence-electron chi connectivity index (χ1n) is 6.85. The van der Waals surface area contributed by atoms with Crippen LogP contribution < -0.4 is 14.8 Å². The van der Waals surface area contributed by atoms with Gasteiger partial charge in [0.05, 0.1) is 7.11 Å². The first kappa shape index (κ1) is 17.3. The van der Waals surface area contributed by atoms with Gasteiger partial charge in [0, 0.05) is 14.8 Å². The summed E-state index contributed by atoms with van der Waals surface area (Å²) >= 11 is 2.22. The highest BCUT2D eigenvalue weighted by Gasteiger charge is 2.10. The number of benzene rings is 2. The number of methoxy groups -OCH3 is 1. The van der Waals surface area contributed by atoms with Gasteiger partial charge in [-0.25, -0.2) is 0 Å². The molecule has 0 bridgehead atoms. The molecule has 0 fully saturated rings. The first-order valence-corrected chi connectivity index (χ1v) is 7.93. The van der Waals surface area contributed by atoms with Gasteiger partial charge in [-0.1, -0.05) is 0 Å².